The number of hydrogen-bond acceptors (Lipinski definition) is 5. The highest BCUT2D eigenvalue weighted by Crippen LogP contribution is 2.28. The van der Waals surface area contributed by atoms with Crippen LogP contribution in [-0.4, -0.2) is 26.7 Å². The first-order valence-electron chi connectivity index (χ1n) is 10.1. The van der Waals surface area contributed by atoms with Gasteiger partial charge in [0, 0.05) is 42.8 Å². The molecule has 1 aromatic carbocycles. The predicted octanol–water partition coefficient (Wildman–Crippen LogP) is 3.56. The van der Waals surface area contributed by atoms with Crippen molar-refractivity contribution in [1.29, 1.82) is 0 Å². The van der Waals surface area contributed by atoms with E-state index in [-0.39, 0.29) is 22.6 Å². The Kier molecular flexibility index (Phi) is 5.86. The van der Waals surface area contributed by atoms with Crippen molar-refractivity contribution in [2.45, 2.75) is 6.92 Å². The Hall–Kier alpha value is -4.53. The van der Waals surface area contributed by atoms with Crippen LogP contribution in [0.25, 0.3) is 22.2 Å². The van der Waals surface area contributed by atoms with E-state index in [1.807, 2.05) is 19.1 Å². The summed E-state index contributed by atoms with van der Waals surface area (Å²) in [5.74, 6) is -0.771. The van der Waals surface area contributed by atoms with E-state index in [4.69, 9.17) is 5.73 Å². The van der Waals surface area contributed by atoms with Crippen LogP contribution in [0.5, 0.6) is 0 Å². The number of hydrogen-bond donors (Lipinski definition) is 3. The Morgan fingerprint density at radius 2 is 2.03 bits per heavy atom. The van der Waals surface area contributed by atoms with Crippen LogP contribution in [0.4, 0.5) is 15.9 Å². The van der Waals surface area contributed by atoms with Crippen molar-refractivity contribution >= 4 is 34.5 Å². The number of nitrogens with one attached hydrogen (secondary N) is 2. The lowest BCUT2D eigenvalue weighted by molar-refractivity contribution is -0.112. The van der Waals surface area contributed by atoms with Crippen LogP contribution in [0.1, 0.15) is 5.56 Å². The number of fused-ring (bicyclic) bond motifs is 1. The lowest BCUT2D eigenvalue weighted by atomic mass is 10.0. The molecule has 3 aromatic heterocycles. The summed E-state index contributed by atoms with van der Waals surface area (Å²) in [6, 6.07) is 11.2. The van der Waals surface area contributed by atoms with E-state index in [1.165, 1.54) is 22.9 Å². The Balaban J connectivity index is 1.64. The van der Waals surface area contributed by atoms with Crippen LogP contribution >= 0.6 is 0 Å². The molecule has 1 amide bonds. The zero-order chi connectivity index (χ0) is 23.5. The fourth-order valence-electron chi connectivity index (χ4n) is 3.39. The lowest BCUT2D eigenvalue weighted by Gasteiger charge is -2.12. The fourth-order valence-corrected chi connectivity index (χ4v) is 3.39. The van der Waals surface area contributed by atoms with E-state index in [0.29, 0.717) is 11.2 Å². The van der Waals surface area contributed by atoms with E-state index in [0.717, 1.165) is 22.7 Å². The van der Waals surface area contributed by atoms with Crippen LogP contribution in [0.3, 0.4) is 0 Å². The molecule has 9 heteroatoms. The first kappa shape index (κ1) is 21.7. The SMILES string of the molecule is Cc1ccc(NC(=O)/C(C=Nc2ccccc2F)=C/N)nc1-c1cn(C)c(=O)c2[nH]ccc12. The highest BCUT2D eigenvalue weighted by molar-refractivity contribution is 6.17. The molecule has 0 aliphatic heterocycles. The highest BCUT2D eigenvalue weighted by Gasteiger charge is 2.15. The van der Waals surface area contributed by atoms with Crippen LogP contribution in [0.2, 0.25) is 0 Å². The molecule has 33 heavy (non-hydrogen) atoms. The minimum absolute atomic E-state index is 0.0392. The molecular formula is C24H21FN6O2. The third-order valence-corrected chi connectivity index (χ3v) is 5.12. The molecular weight excluding hydrogens is 423 g/mol. The van der Waals surface area contributed by atoms with Gasteiger partial charge in [-0.05, 0) is 36.8 Å². The van der Waals surface area contributed by atoms with E-state index in [2.05, 4.69) is 20.3 Å². The average Bonchev–Trinajstić information content (AvgIpc) is 3.29. The number of aliphatic imine (C=N–C) groups is 1. The van der Waals surface area contributed by atoms with Gasteiger partial charge in [-0.15, -0.1) is 0 Å². The second-order valence-corrected chi connectivity index (χ2v) is 7.37. The maximum Gasteiger partial charge on any atom is 0.274 e. The zero-order valence-electron chi connectivity index (χ0n) is 18.0. The molecule has 4 N–H and O–H groups in total. The zero-order valence-corrected chi connectivity index (χ0v) is 18.0. The number of rotatable bonds is 5. The van der Waals surface area contributed by atoms with Crippen molar-refractivity contribution in [2.75, 3.05) is 5.32 Å². The van der Waals surface area contributed by atoms with Crippen molar-refractivity contribution in [3.63, 3.8) is 0 Å². The monoisotopic (exact) mass is 444 g/mol. The van der Waals surface area contributed by atoms with E-state index in [9.17, 15) is 14.0 Å². The van der Waals surface area contributed by atoms with Gasteiger partial charge in [-0.3, -0.25) is 14.6 Å². The molecule has 166 valence electrons. The molecule has 0 radical (unpaired) electrons. The molecule has 0 saturated heterocycles. The van der Waals surface area contributed by atoms with Gasteiger partial charge < -0.3 is 20.6 Å². The van der Waals surface area contributed by atoms with Gasteiger partial charge in [0.2, 0.25) is 0 Å². The summed E-state index contributed by atoms with van der Waals surface area (Å²) in [5.41, 5.74) is 8.28. The van der Waals surface area contributed by atoms with Crippen molar-refractivity contribution < 1.29 is 9.18 Å². The van der Waals surface area contributed by atoms with Crippen molar-refractivity contribution in [3.05, 3.63) is 88.4 Å². The van der Waals surface area contributed by atoms with Crippen molar-refractivity contribution in [1.82, 2.24) is 14.5 Å². The lowest BCUT2D eigenvalue weighted by Crippen LogP contribution is -2.18. The average molecular weight is 444 g/mol. The quantitative estimate of drug-likeness (QED) is 0.322. The number of aryl methyl sites for hydroxylation is 2. The van der Waals surface area contributed by atoms with Gasteiger partial charge in [-0.1, -0.05) is 18.2 Å². The summed E-state index contributed by atoms with van der Waals surface area (Å²) < 4.78 is 15.3. The molecule has 0 fully saturated rings. The summed E-state index contributed by atoms with van der Waals surface area (Å²) >= 11 is 0. The summed E-state index contributed by atoms with van der Waals surface area (Å²) in [4.78, 5) is 36.6. The molecule has 4 rings (SSSR count). The number of para-hydroxylation sites is 1. The summed E-state index contributed by atoms with van der Waals surface area (Å²) in [6.45, 7) is 1.89. The van der Waals surface area contributed by atoms with Crippen molar-refractivity contribution in [2.24, 2.45) is 17.8 Å². The molecule has 3 heterocycles. The Morgan fingerprint density at radius 3 is 2.79 bits per heavy atom. The summed E-state index contributed by atoms with van der Waals surface area (Å²) in [7, 11) is 1.67. The molecule has 0 aliphatic rings. The molecule has 0 atom stereocenters. The minimum Gasteiger partial charge on any atom is -0.404 e. The van der Waals surface area contributed by atoms with Gasteiger partial charge in [0.1, 0.15) is 17.2 Å². The maximum absolute atomic E-state index is 13.8. The van der Waals surface area contributed by atoms with Gasteiger partial charge in [-0.2, -0.15) is 0 Å². The van der Waals surface area contributed by atoms with Crippen molar-refractivity contribution in [3.8, 4) is 11.3 Å². The first-order valence-corrected chi connectivity index (χ1v) is 10.1. The van der Waals surface area contributed by atoms with Crippen LogP contribution in [0, 0.1) is 12.7 Å². The Morgan fingerprint density at radius 1 is 1.24 bits per heavy atom. The normalized spacial score (nSPS) is 11.9. The number of anilines is 1. The summed E-state index contributed by atoms with van der Waals surface area (Å²) in [5, 5.41) is 3.42. The molecule has 0 aliphatic carbocycles. The largest absolute Gasteiger partial charge is 0.404 e. The number of pyridine rings is 2. The maximum atomic E-state index is 13.8. The minimum atomic E-state index is -0.549. The Labute approximate surface area is 188 Å². The number of nitrogens with zero attached hydrogens (tertiary/aromatic N) is 3. The highest BCUT2D eigenvalue weighted by atomic mass is 19.1. The number of aromatic amines is 1. The standard InChI is InChI=1S/C24H21FN6O2/c1-14-7-8-20(29-21(14)17-13-31(2)24(33)22-16(17)9-10-27-22)30-23(32)15(11-26)12-28-19-6-4-3-5-18(19)25/h3-13,27H,26H2,1-2H3,(H,29,30,32)/b15-11+,28-12?. The van der Waals surface area contributed by atoms with Gasteiger partial charge in [-0.25, -0.2) is 9.37 Å². The van der Waals surface area contributed by atoms with Gasteiger partial charge >= 0.3 is 0 Å². The van der Waals surface area contributed by atoms with Gasteiger partial charge in [0.05, 0.1) is 17.0 Å². The van der Waals surface area contributed by atoms with E-state index in [1.54, 1.807) is 37.6 Å². The number of nitrogens with two attached hydrogens (primary N) is 1. The third-order valence-electron chi connectivity index (χ3n) is 5.12. The number of carbonyl (C=O) groups is 1. The number of carbonyl (C=O) groups excluding carboxylic acids is 1. The van der Waals surface area contributed by atoms with Crippen LogP contribution in [0.15, 0.2) is 76.4 Å². The molecule has 0 unspecified atom stereocenters. The fraction of sp³-hybridized carbons (Fsp3) is 0.0833. The number of aromatic nitrogens is 3. The number of halogens is 1. The number of amides is 1. The topological polar surface area (TPSA) is 118 Å². The second-order valence-electron chi connectivity index (χ2n) is 7.37. The predicted molar refractivity (Wildman–Crippen MR) is 127 cm³/mol. The summed E-state index contributed by atoms with van der Waals surface area (Å²) in [6.07, 6.45) is 5.69. The number of benzene rings is 1. The molecule has 0 spiro atoms. The third kappa shape index (κ3) is 4.29. The smallest absolute Gasteiger partial charge is 0.274 e. The van der Waals surface area contributed by atoms with E-state index >= 15 is 0 Å². The van der Waals surface area contributed by atoms with E-state index < -0.39 is 11.7 Å². The molecule has 0 saturated carbocycles. The Bertz CT molecular complexity index is 1480. The molecule has 0 bridgehead atoms. The first-order chi connectivity index (χ1) is 15.9. The van der Waals surface area contributed by atoms with Crippen LogP contribution in [-0.2, 0) is 11.8 Å². The number of H-pyrrole nitrogens is 1. The molecule has 8 nitrogen and oxygen atoms in total. The van der Waals surface area contributed by atoms with Crippen LogP contribution < -0.4 is 16.6 Å². The second kappa shape index (κ2) is 8.91. The van der Waals surface area contributed by atoms with Gasteiger partial charge in [0.15, 0.2) is 0 Å². The molecule has 4 aromatic rings. The van der Waals surface area contributed by atoms with Gasteiger partial charge in [0.25, 0.3) is 11.5 Å².